The maximum atomic E-state index is 5.04. The van der Waals surface area contributed by atoms with Crippen LogP contribution in [-0.4, -0.2) is 19.5 Å². The maximum absolute atomic E-state index is 5.04. The van der Waals surface area contributed by atoms with Crippen molar-refractivity contribution in [1.82, 2.24) is 19.5 Å². The summed E-state index contributed by atoms with van der Waals surface area (Å²) >= 11 is 5.04. The summed E-state index contributed by atoms with van der Waals surface area (Å²) < 4.78 is 2.49. The molecule has 0 saturated carbocycles. The van der Waals surface area contributed by atoms with E-state index in [2.05, 4.69) is 15.0 Å². The van der Waals surface area contributed by atoms with Gasteiger partial charge < -0.3 is 9.55 Å². The highest BCUT2D eigenvalue weighted by Gasteiger charge is 2.04. The van der Waals surface area contributed by atoms with Gasteiger partial charge in [0, 0.05) is 12.7 Å². The fourth-order valence-electron chi connectivity index (χ4n) is 1.29. The summed E-state index contributed by atoms with van der Waals surface area (Å²) in [5.74, 6) is 0.759. The Kier molecular flexibility index (Phi) is 2.17. The average Bonchev–Trinajstić information content (AvgIpc) is 2.49. The Morgan fingerprint density at radius 1 is 1.50 bits per heavy atom. The van der Waals surface area contributed by atoms with Crippen LogP contribution in [0.4, 0.5) is 0 Å². The summed E-state index contributed by atoms with van der Waals surface area (Å²) in [6, 6.07) is 1.83. The van der Waals surface area contributed by atoms with Crippen molar-refractivity contribution < 1.29 is 0 Å². The van der Waals surface area contributed by atoms with E-state index in [1.807, 2.05) is 24.6 Å². The zero-order valence-electron chi connectivity index (χ0n) is 7.98. The average molecular weight is 206 g/mol. The SMILES string of the molecule is Cc1cc(=S)nc(-c2cncn2C)[nH]1. The molecular weight excluding hydrogens is 196 g/mol. The van der Waals surface area contributed by atoms with Gasteiger partial charge in [-0.3, -0.25) is 0 Å². The van der Waals surface area contributed by atoms with E-state index in [-0.39, 0.29) is 0 Å². The number of aryl methyl sites for hydroxylation is 2. The molecule has 0 aliphatic rings. The van der Waals surface area contributed by atoms with Crippen LogP contribution in [0.25, 0.3) is 11.5 Å². The first-order chi connectivity index (χ1) is 6.66. The molecule has 0 aromatic carbocycles. The zero-order valence-corrected chi connectivity index (χ0v) is 8.80. The first-order valence-electron chi connectivity index (χ1n) is 4.21. The predicted octanol–water partition coefficient (Wildman–Crippen LogP) is 1.85. The molecule has 0 fully saturated rings. The van der Waals surface area contributed by atoms with E-state index in [0.717, 1.165) is 17.2 Å². The first kappa shape index (κ1) is 9.08. The topological polar surface area (TPSA) is 46.5 Å². The molecule has 0 aliphatic heterocycles. The lowest BCUT2D eigenvalue weighted by Gasteiger charge is -2.02. The fraction of sp³-hybridized carbons (Fsp3) is 0.222. The van der Waals surface area contributed by atoms with Crippen molar-refractivity contribution in [1.29, 1.82) is 0 Å². The summed E-state index contributed by atoms with van der Waals surface area (Å²) in [6.07, 6.45) is 3.49. The molecule has 2 heterocycles. The summed E-state index contributed by atoms with van der Waals surface area (Å²) in [5.41, 5.74) is 1.93. The van der Waals surface area contributed by atoms with E-state index in [0.29, 0.717) is 4.64 Å². The highest BCUT2D eigenvalue weighted by atomic mass is 32.1. The molecule has 0 saturated heterocycles. The second-order valence-electron chi connectivity index (χ2n) is 3.14. The van der Waals surface area contributed by atoms with Crippen LogP contribution in [0.3, 0.4) is 0 Å². The van der Waals surface area contributed by atoms with Crippen molar-refractivity contribution in [3.05, 3.63) is 28.9 Å². The molecule has 72 valence electrons. The van der Waals surface area contributed by atoms with Crippen LogP contribution in [0.15, 0.2) is 18.6 Å². The van der Waals surface area contributed by atoms with Crippen LogP contribution in [0.5, 0.6) is 0 Å². The summed E-state index contributed by atoms with van der Waals surface area (Å²) in [5, 5.41) is 0. The second-order valence-corrected chi connectivity index (χ2v) is 3.56. The van der Waals surface area contributed by atoms with Crippen LogP contribution >= 0.6 is 12.2 Å². The monoisotopic (exact) mass is 206 g/mol. The van der Waals surface area contributed by atoms with Gasteiger partial charge in [0.15, 0.2) is 5.82 Å². The van der Waals surface area contributed by atoms with E-state index in [1.165, 1.54) is 0 Å². The maximum Gasteiger partial charge on any atom is 0.157 e. The van der Waals surface area contributed by atoms with Crippen molar-refractivity contribution in [2.45, 2.75) is 6.92 Å². The van der Waals surface area contributed by atoms with Crippen molar-refractivity contribution in [3.8, 4) is 11.5 Å². The molecule has 2 rings (SSSR count). The molecular formula is C9H10N4S. The number of hydrogen-bond acceptors (Lipinski definition) is 3. The molecule has 0 bridgehead atoms. The van der Waals surface area contributed by atoms with E-state index >= 15 is 0 Å². The van der Waals surface area contributed by atoms with Gasteiger partial charge in [-0.25, -0.2) is 9.97 Å². The van der Waals surface area contributed by atoms with E-state index in [1.54, 1.807) is 12.5 Å². The lowest BCUT2D eigenvalue weighted by Crippen LogP contribution is -1.96. The minimum absolute atomic E-state index is 0.595. The van der Waals surface area contributed by atoms with Gasteiger partial charge >= 0.3 is 0 Å². The standard InChI is InChI=1S/C9H10N4S/c1-6-3-8(14)12-9(11-6)7-4-10-5-13(7)2/h3-5H,1-2H3,(H,11,12,14). The van der Waals surface area contributed by atoms with Gasteiger partial charge in [0.2, 0.25) is 0 Å². The Labute approximate surface area is 86.7 Å². The van der Waals surface area contributed by atoms with Gasteiger partial charge in [-0.15, -0.1) is 0 Å². The lowest BCUT2D eigenvalue weighted by molar-refractivity contribution is 0.904. The summed E-state index contributed by atoms with van der Waals surface area (Å²) in [4.78, 5) is 11.4. The van der Waals surface area contributed by atoms with Gasteiger partial charge in [0.1, 0.15) is 10.3 Å². The Morgan fingerprint density at radius 2 is 2.29 bits per heavy atom. The van der Waals surface area contributed by atoms with Crippen LogP contribution in [0.1, 0.15) is 5.69 Å². The van der Waals surface area contributed by atoms with Crippen molar-refractivity contribution in [2.75, 3.05) is 0 Å². The number of aromatic amines is 1. The highest BCUT2D eigenvalue weighted by Crippen LogP contribution is 2.12. The molecule has 4 nitrogen and oxygen atoms in total. The smallest absolute Gasteiger partial charge is 0.157 e. The quantitative estimate of drug-likeness (QED) is 0.724. The predicted molar refractivity (Wildman–Crippen MR) is 56.4 cm³/mol. The third kappa shape index (κ3) is 1.58. The lowest BCUT2D eigenvalue weighted by atomic mass is 10.4. The van der Waals surface area contributed by atoms with Crippen molar-refractivity contribution in [3.63, 3.8) is 0 Å². The second kappa shape index (κ2) is 3.34. The van der Waals surface area contributed by atoms with Crippen molar-refractivity contribution >= 4 is 12.2 Å². The number of nitrogens with one attached hydrogen (secondary N) is 1. The number of nitrogens with zero attached hydrogens (tertiary/aromatic N) is 3. The molecule has 0 radical (unpaired) electrons. The number of imidazole rings is 1. The molecule has 0 atom stereocenters. The van der Waals surface area contributed by atoms with E-state index < -0.39 is 0 Å². The fourth-order valence-corrected chi connectivity index (χ4v) is 1.55. The molecule has 1 N–H and O–H groups in total. The van der Waals surface area contributed by atoms with E-state index in [9.17, 15) is 0 Å². The molecule has 0 unspecified atom stereocenters. The number of hydrogen-bond donors (Lipinski definition) is 1. The molecule has 14 heavy (non-hydrogen) atoms. The summed E-state index contributed by atoms with van der Waals surface area (Å²) in [7, 11) is 1.92. The third-order valence-corrected chi connectivity index (χ3v) is 2.15. The molecule has 0 spiro atoms. The third-order valence-electron chi connectivity index (χ3n) is 1.94. The summed E-state index contributed by atoms with van der Waals surface area (Å²) in [6.45, 7) is 1.96. The molecule has 2 aromatic heterocycles. The van der Waals surface area contributed by atoms with Crippen molar-refractivity contribution in [2.24, 2.45) is 7.05 Å². The zero-order chi connectivity index (χ0) is 10.1. The molecule has 2 aromatic rings. The minimum atomic E-state index is 0.595. The van der Waals surface area contributed by atoms with E-state index in [4.69, 9.17) is 12.2 Å². The molecule has 0 aliphatic carbocycles. The highest BCUT2D eigenvalue weighted by molar-refractivity contribution is 7.71. The Balaban J connectivity index is 2.63. The Morgan fingerprint density at radius 3 is 2.86 bits per heavy atom. The van der Waals surface area contributed by atoms with Gasteiger partial charge in [-0.1, -0.05) is 12.2 Å². The number of H-pyrrole nitrogens is 1. The largest absolute Gasteiger partial charge is 0.342 e. The van der Waals surface area contributed by atoms with Gasteiger partial charge in [0.25, 0.3) is 0 Å². The Bertz CT molecular complexity index is 512. The van der Waals surface area contributed by atoms with Crippen LogP contribution in [-0.2, 0) is 7.05 Å². The number of aromatic nitrogens is 4. The van der Waals surface area contributed by atoms with Crippen LogP contribution in [0.2, 0.25) is 0 Å². The van der Waals surface area contributed by atoms with Crippen LogP contribution in [0, 0.1) is 11.6 Å². The van der Waals surface area contributed by atoms with Gasteiger partial charge in [-0.05, 0) is 13.0 Å². The number of rotatable bonds is 1. The van der Waals surface area contributed by atoms with Gasteiger partial charge in [-0.2, -0.15) is 0 Å². The van der Waals surface area contributed by atoms with Crippen LogP contribution < -0.4 is 0 Å². The Hall–Kier alpha value is -1.49. The van der Waals surface area contributed by atoms with Gasteiger partial charge in [0.05, 0.1) is 12.5 Å². The normalized spacial score (nSPS) is 10.4. The molecule has 5 heteroatoms. The minimum Gasteiger partial charge on any atom is -0.342 e. The first-order valence-corrected chi connectivity index (χ1v) is 4.62. The molecule has 0 amide bonds.